The number of nitrogens with one attached hydrogen (secondary N) is 2. The van der Waals surface area contributed by atoms with Gasteiger partial charge in [0, 0.05) is 19.0 Å². The van der Waals surface area contributed by atoms with Gasteiger partial charge in [-0.2, -0.15) is 0 Å². The number of likely N-dealkylation sites (N-methyl/N-ethyl adjacent to an activating group) is 1. The highest BCUT2D eigenvalue weighted by Crippen LogP contribution is 2.27. The maximum Gasteiger partial charge on any atom is 0.236 e. The van der Waals surface area contributed by atoms with Crippen molar-refractivity contribution in [2.45, 2.75) is 25.7 Å². The Labute approximate surface area is 124 Å². The number of para-hydroxylation sites is 1. The van der Waals surface area contributed by atoms with E-state index in [9.17, 15) is 4.79 Å². The van der Waals surface area contributed by atoms with Gasteiger partial charge in [-0.25, -0.2) is 4.98 Å². The molecule has 0 saturated carbocycles. The van der Waals surface area contributed by atoms with Crippen LogP contribution in [0, 0.1) is 6.92 Å². The first-order chi connectivity index (χ1) is 10.2. The molecule has 1 saturated heterocycles. The van der Waals surface area contributed by atoms with Crippen LogP contribution in [0.2, 0.25) is 0 Å². The maximum atomic E-state index is 12.0. The number of hydrogen-bond acceptors (Lipinski definition) is 3. The number of imidazole rings is 1. The zero-order valence-corrected chi connectivity index (χ0v) is 12.6. The molecule has 0 radical (unpaired) electrons. The molecule has 21 heavy (non-hydrogen) atoms. The van der Waals surface area contributed by atoms with Crippen molar-refractivity contribution in [3.63, 3.8) is 0 Å². The van der Waals surface area contributed by atoms with Crippen LogP contribution in [0.4, 0.5) is 0 Å². The molecule has 5 heteroatoms. The minimum Gasteiger partial charge on any atom is -0.342 e. The van der Waals surface area contributed by atoms with Gasteiger partial charge in [-0.3, -0.25) is 4.79 Å². The third-order valence-electron chi connectivity index (χ3n) is 4.22. The molecular weight excluding hydrogens is 264 g/mol. The number of hydrogen-bond donors (Lipinski definition) is 2. The Hall–Kier alpha value is -1.88. The van der Waals surface area contributed by atoms with Gasteiger partial charge in [-0.05, 0) is 38.4 Å². The molecule has 1 aromatic carbocycles. The van der Waals surface area contributed by atoms with Gasteiger partial charge in [0.25, 0.3) is 0 Å². The lowest BCUT2D eigenvalue weighted by Crippen LogP contribution is -2.43. The first kappa shape index (κ1) is 14.1. The summed E-state index contributed by atoms with van der Waals surface area (Å²) in [6.07, 6.45) is 2.12. The lowest BCUT2D eigenvalue weighted by atomic mass is 9.97. The van der Waals surface area contributed by atoms with Crippen molar-refractivity contribution in [3.8, 4) is 0 Å². The fourth-order valence-electron chi connectivity index (χ4n) is 3.08. The molecule has 5 nitrogen and oxygen atoms in total. The number of carbonyl (C=O) groups excluding carboxylic acids is 1. The second kappa shape index (κ2) is 5.85. The smallest absolute Gasteiger partial charge is 0.236 e. The number of aromatic nitrogens is 2. The SMILES string of the molecule is CNCC(=O)N1CCCC(c2nc3c(C)cccc3[nH]2)C1. The number of piperidine rings is 1. The minimum absolute atomic E-state index is 0.175. The summed E-state index contributed by atoms with van der Waals surface area (Å²) in [5.41, 5.74) is 3.32. The van der Waals surface area contributed by atoms with Crippen molar-refractivity contribution < 1.29 is 4.79 Å². The van der Waals surface area contributed by atoms with E-state index in [0.29, 0.717) is 12.5 Å². The molecule has 1 aromatic heterocycles. The van der Waals surface area contributed by atoms with E-state index in [0.717, 1.165) is 42.8 Å². The number of benzene rings is 1. The second-order valence-corrected chi connectivity index (χ2v) is 5.80. The Morgan fingerprint density at radius 3 is 3.14 bits per heavy atom. The van der Waals surface area contributed by atoms with Crippen LogP contribution in [0.5, 0.6) is 0 Å². The molecule has 2 N–H and O–H groups in total. The van der Waals surface area contributed by atoms with Crippen LogP contribution in [-0.2, 0) is 4.79 Å². The average molecular weight is 286 g/mol. The summed E-state index contributed by atoms with van der Waals surface area (Å²) in [5.74, 6) is 1.50. The normalized spacial score (nSPS) is 19.1. The van der Waals surface area contributed by atoms with E-state index in [2.05, 4.69) is 29.4 Å². The summed E-state index contributed by atoms with van der Waals surface area (Å²) in [6, 6.07) is 6.19. The first-order valence-corrected chi connectivity index (χ1v) is 7.56. The molecule has 1 aliphatic heterocycles. The molecule has 3 rings (SSSR count). The van der Waals surface area contributed by atoms with E-state index in [1.165, 1.54) is 5.56 Å². The number of amides is 1. The predicted octanol–water partition coefficient (Wildman–Crippen LogP) is 1.80. The van der Waals surface area contributed by atoms with Crippen LogP contribution < -0.4 is 5.32 Å². The van der Waals surface area contributed by atoms with E-state index in [-0.39, 0.29) is 5.91 Å². The Balaban J connectivity index is 1.81. The summed E-state index contributed by atoms with van der Waals surface area (Å²) >= 11 is 0. The van der Waals surface area contributed by atoms with Crippen molar-refractivity contribution >= 4 is 16.9 Å². The molecule has 2 aromatic rings. The number of nitrogens with zero attached hydrogens (tertiary/aromatic N) is 2. The quantitative estimate of drug-likeness (QED) is 0.904. The van der Waals surface area contributed by atoms with Gasteiger partial charge in [0.15, 0.2) is 0 Å². The van der Waals surface area contributed by atoms with Crippen molar-refractivity contribution in [2.24, 2.45) is 0 Å². The standard InChI is InChI=1S/C16H22N4O/c1-11-5-3-7-13-15(11)19-16(18-13)12-6-4-8-20(10-12)14(21)9-17-2/h3,5,7,12,17H,4,6,8-10H2,1-2H3,(H,18,19). The van der Waals surface area contributed by atoms with Crippen molar-refractivity contribution in [2.75, 3.05) is 26.7 Å². The number of carbonyl (C=O) groups is 1. The summed E-state index contributed by atoms with van der Waals surface area (Å²) in [4.78, 5) is 22.2. The molecular formula is C16H22N4O. The van der Waals surface area contributed by atoms with Crippen LogP contribution in [0.15, 0.2) is 18.2 Å². The molecule has 0 aliphatic carbocycles. The fourth-order valence-corrected chi connectivity index (χ4v) is 3.08. The number of aromatic amines is 1. The lowest BCUT2D eigenvalue weighted by molar-refractivity contribution is -0.131. The summed E-state index contributed by atoms with van der Waals surface area (Å²) < 4.78 is 0. The van der Waals surface area contributed by atoms with Gasteiger partial charge in [0.2, 0.25) is 5.91 Å². The lowest BCUT2D eigenvalue weighted by Gasteiger charge is -2.31. The van der Waals surface area contributed by atoms with E-state index < -0.39 is 0 Å². The summed E-state index contributed by atoms with van der Waals surface area (Å²) in [5, 5.41) is 2.93. The topological polar surface area (TPSA) is 61.0 Å². The van der Waals surface area contributed by atoms with Gasteiger partial charge in [-0.1, -0.05) is 12.1 Å². The summed E-state index contributed by atoms with van der Waals surface area (Å²) in [6.45, 7) is 4.11. The maximum absolute atomic E-state index is 12.0. The minimum atomic E-state index is 0.175. The molecule has 112 valence electrons. The monoisotopic (exact) mass is 286 g/mol. The van der Waals surface area contributed by atoms with Crippen LogP contribution in [0.1, 0.15) is 30.1 Å². The van der Waals surface area contributed by atoms with Crippen LogP contribution in [0.25, 0.3) is 11.0 Å². The highest BCUT2D eigenvalue weighted by molar-refractivity contribution is 5.79. The zero-order chi connectivity index (χ0) is 14.8. The molecule has 1 aliphatic rings. The van der Waals surface area contributed by atoms with Crippen molar-refractivity contribution in [1.82, 2.24) is 20.2 Å². The second-order valence-electron chi connectivity index (χ2n) is 5.80. The van der Waals surface area contributed by atoms with E-state index in [1.807, 2.05) is 11.0 Å². The molecule has 1 unspecified atom stereocenters. The number of fused-ring (bicyclic) bond motifs is 1. The van der Waals surface area contributed by atoms with Gasteiger partial charge in [0.1, 0.15) is 5.82 Å². The first-order valence-electron chi connectivity index (χ1n) is 7.56. The number of rotatable bonds is 3. The zero-order valence-electron chi connectivity index (χ0n) is 12.6. The molecule has 1 fully saturated rings. The number of aryl methyl sites for hydroxylation is 1. The Morgan fingerprint density at radius 1 is 1.52 bits per heavy atom. The molecule has 0 bridgehead atoms. The van der Waals surface area contributed by atoms with Gasteiger partial charge in [-0.15, -0.1) is 0 Å². The fraction of sp³-hybridized carbons (Fsp3) is 0.500. The third kappa shape index (κ3) is 2.78. The molecule has 1 amide bonds. The van der Waals surface area contributed by atoms with Crippen LogP contribution >= 0.6 is 0 Å². The number of likely N-dealkylation sites (tertiary alicyclic amines) is 1. The van der Waals surface area contributed by atoms with Gasteiger partial charge >= 0.3 is 0 Å². The summed E-state index contributed by atoms with van der Waals surface area (Å²) in [7, 11) is 1.81. The van der Waals surface area contributed by atoms with Crippen molar-refractivity contribution in [1.29, 1.82) is 0 Å². The van der Waals surface area contributed by atoms with Gasteiger partial charge < -0.3 is 15.2 Å². The van der Waals surface area contributed by atoms with E-state index in [1.54, 1.807) is 7.05 Å². The predicted molar refractivity (Wildman–Crippen MR) is 83.3 cm³/mol. The largest absolute Gasteiger partial charge is 0.342 e. The molecule has 2 heterocycles. The Bertz CT molecular complexity index is 649. The highest BCUT2D eigenvalue weighted by atomic mass is 16.2. The Kier molecular flexibility index (Phi) is 3.92. The Morgan fingerprint density at radius 2 is 2.38 bits per heavy atom. The molecule has 1 atom stereocenters. The van der Waals surface area contributed by atoms with Gasteiger partial charge in [0.05, 0.1) is 17.6 Å². The number of H-pyrrole nitrogens is 1. The van der Waals surface area contributed by atoms with Crippen molar-refractivity contribution in [3.05, 3.63) is 29.6 Å². The average Bonchev–Trinajstić information content (AvgIpc) is 2.93. The third-order valence-corrected chi connectivity index (χ3v) is 4.22. The van der Waals surface area contributed by atoms with Crippen LogP contribution in [-0.4, -0.2) is 47.5 Å². The van der Waals surface area contributed by atoms with Crippen LogP contribution in [0.3, 0.4) is 0 Å². The van der Waals surface area contributed by atoms with E-state index in [4.69, 9.17) is 4.98 Å². The molecule has 0 spiro atoms. The highest BCUT2D eigenvalue weighted by Gasteiger charge is 2.26. The van der Waals surface area contributed by atoms with E-state index >= 15 is 0 Å².